The van der Waals surface area contributed by atoms with Gasteiger partial charge < -0.3 is 5.32 Å². The molecule has 0 saturated heterocycles. The third-order valence-electron chi connectivity index (χ3n) is 3.63. The van der Waals surface area contributed by atoms with Crippen LogP contribution < -0.4 is 5.32 Å². The van der Waals surface area contributed by atoms with E-state index in [1.807, 2.05) is 0 Å². The first-order valence-electron chi connectivity index (χ1n) is 7.32. The lowest BCUT2D eigenvalue weighted by molar-refractivity contribution is -0.143. The van der Waals surface area contributed by atoms with Crippen LogP contribution in [0.15, 0.2) is 30.3 Å². The number of nitrogens with one attached hydrogen (secondary N) is 1. The number of amides is 1. The summed E-state index contributed by atoms with van der Waals surface area (Å²) in [7, 11) is 0. The van der Waals surface area contributed by atoms with Crippen LogP contribution in [0.2, 0.25) is 0 Å². The lowest BCUT2D eigenvalue weighted by Crippen LogP contribution is -2.25. The van der Waals surface area contributed by atoms with Crippen LogP contribution in [-0.2, 0) is 17.4 Å². The Bertz CT molecular complexity index is 789. The Morgan fingerprint density at radius 1 is 0.962 bits per heavy atom. The third-order valence-corrected chi connectivity index (χ3v) is 3.63. The normalized spacial score (nSPS) is 12.8. The standard InChI is InChI=1S/C17H12F7NO/c1-8(7-9-5-3-2-4-6-9)16(26)25-15-13(20)11(18)10(17(22,23)24)12(19)14(15)21/h2-6,8H,7H2,1H3,(H,25,26)/t8-/m0/s1. The van der Waals surface area contributed by atoms with Gasteiger partial charge in [0, 0.05) is 5.92 Å². The second-order valence-corrected chi connectivity index (χ2v) is 5.58. The minimum Gasteiger partial charge on any atom is -0.321 e. The topological polar surface area (TPSA) is 29.1 Å². The van der Waals surface area contributed by atoms with Gasteiger partial charge in [-0.15, -0.1) is 0 Å². The highest BCUT2D eigenvalue weighted by molar-refractivity contribution is 5.92. The molecule has 2 aromatic carbocycles. The summed E-state index contributed by atoms with van der Waals surface area (Å²) in [6.07, 6.45) is -5.50. The van der Waals surface area contributed by atoms with Gasteiger partial charge in [-0.25, -0.2) is 17.6 Å². The molecule has 1 N–H and O–H groups in total. The van der Waals surface area contributed by atoms with Crippen LogP contribution in [0.25, 0.3) is 0 Å². The van der Waals surface area contributed by atoms with E-state index >= 15 is 0 Å². The molecule has 2 nitrogen and oxygen atoms in total. The van der Waals surface area contributed by atoms with Crippen molar-refractivity contribution in [2.24, 2.45) is 5.92 Å². The number of carbonyl (C=O) groups excluding carboxylic acids is 1. The molecule has 0 aliphatic heterocycles. The van der Waals surface area contributed by atoms with E-state index in [2.05, 4.69) is 0 Å². The fourth-order valence-electron chi connectivity index (χ4n) is 2.30. The Labute approximate surface area is 143 Å². The van der Waals surface area contributed by atoms with Crippen molar-refractivity contribution in [3.63, 3.8) is 0 Å². The van der Waals surface area contributed by atoms with Gasteiger partial charge in [0.25, 0.3) is 0 Å². The van der Waals surface area contributed by atoms with Gasteiger partial charge in [-0.05, 0) is 12.0 Å². The summed E-state index contributed by atoms with van der Waals surface area (Å²) < 4.78 is 92.3. The van der Waals surface area contributed by atoms with Gasteiger partial charge in [-0.1, -0.05) is 37.3 Å². The molecule has 2 aromatic rings. The molecular formula is C17H12F7NO. The number of hydrogen-bond donors (Lipinski definition) is 1. The number of anilines is 1. The van der Waals surface area contributed by atoms with Crippen LogP contribution in [0, 0.1) is 29.2 Å². The SMILES string of the molecule is C[C@@H](Cc1ccccc1)C(=O)Nc1c(F)c(F)c(C(F)(F)F)c(F)c1F. The van der Waals surface area contributed by atoms with Crippen molar-refractivity contribution in [1.82, 2.24) is 0 Å². The van der Waals surface area contributed by atoms with Crippen LogP contribution >= 0.6 is 0 Å². The molecule has 0 aliphatic carbocycles. The zero-order valence-electron chi connectivity index (χ0n) is 13.2. The van der Waals surface area contributed by atoms with Gasteiger partial charge in [0.1, 0.15) is 11.3 Å². The maximum atomic E-state index is 13.8. The zero-order chi connectivity index (χ0) is 19.6. The molecular weight excluding hydrogens is 367 g/mol. The highest BCUT2D eigenvalue weighted by Gasteiger charge is 2.42. The average Bonchev–Trinajstić information content (AvgIpc) is 2.56. The molecule has 140 valence electrons. The number of benzene rings is 2. The Morgan fingerprint density at radius 2 is 1.46 bits per heavy atom. The van der Waals surface area contributed by atoms with E-state index in [4.69, 9.17) is 0 Å². The summed E-state index contributed by atoms with van der Waals surface area (Å²) >= 11 is 0. The van der Waals surface area contributed by atoms with E-state index in [0.29, 0.717) is 5.56 Å². The molecule has 26 heavy (non-hydrogen) atoms. The van der Waals surface area contributed by atoms with Crippen LogP contribution in [0.3, 0.4) is 0 Å². The molecule has 0 saturated carbocycles. The average molecular weight is 379 g/mol. The Balaban J connectivity index is 2.31. The number of rotatable bonds is 4. The molecule has 0 fully saturated rings. The van der Waals surface area contributed by atoms with Crippen molar-refractivity contribution in [3.05, 3.63) is 64.7 Å². The second kappa shape index (κ2) is 7.35. The van der Waals surface area contributed by atoms with Crippen molar-refractivity contribution in [2.75, 3.05) is 5.32 Å². The van der Waals surface area contributed by atoms with Crippen LogP contribution in [0.1, 0.15) is 18.1 Å². The zero-order valence-corrected chi connectivity index (χ0v) is 13.2. The van der Waals surface area contributed by atoms with Crippen molar-refractivity contribution in [1.29, 1.82) is 0 Å². The molecule has 0 unspecified atom stereocenters. The Morgan fingerprint density at radius 3 is 1.92 bits per heavy atom. The number of hydrogen-bond acceptors (Lipinski definition) is 1. The first kappa shape index (κ1) is 19.7. The van der Waals surface area contributed by atoms with E-state index in [9.17, 15) is 35.5 Å². The smallest absolute Gasteiger partial charge is 0.321 e. The quantitative estimate of drug-likeness (QED) is 0.583. The fraction of sp³-hybridized carbons (Fsp3) is 0.235. The summed E-state index contributed by atoms with van der Waals surface area (Å²) in [5.74, 6) is -11.8. The van der Waals surface area contributed by atoms with Crippen LogP contribution in [0.4, 0.5) is 36.4 Å². The van der Waals surface area contributed by atoms with Gasteiger partial charge in [-0.2, -0.15) is 13.2 Å². The maximum absolute atomic E-state index is 13.8. The molecule has 0 radical (unpaired) electrons. The summed E-state index contributed by atoms with van der Waals surface area (Å²) in [6.45, 7) is 1.38. The second-order valence-electron chi connectivity index (χ2n) is 5.58. The molecule has 9 heteroatoms. The van der Waals surface area contributed by atoms with Gasteiger partial charge in [-0.3, -0.25) is 4.79 Å². The molecule has 1 atom stereocenters. The third kappa shape index (κ3) is 3.97. The van der Waals surface area contributed by atoms with E-state index in [1.165, 1.54) is 6.92 Å². The molecule has 2 rings (SSSR count). The van der Waals surface area contributed by atoms with Gasteiger partial charge in [0.2, 0.25) is 5.91 Å². The van der Waals surface area contributed by atoms with Gasteiger partial charge in [0.15, 0.2) is 23.3 Å². The highest BCUT2D eigenvalue weighted by Crippen LogP contribution is 2.38. The number of alkyl halides is 3. The largest absolute Gasteiger partial charge is 0.422 e. The highest BCUT2D eigenvalue weighted by atomic mass is 19.4. The van der Waals surface area contributed by atoms with E-state index in [-0.39, 0.29) is 6.42 Å². The van der Waals surface area contributed by atoms with Crippen molar-refractivity contribution < 1.29 is 35.5 Å². The predicted octanol–water partition coefficient (Wildman–Crippen LogP) is 5.08. The van der Waals surface area contributed by atoms with Crippen molar-refractivity contribution in [3.8, 4) is 0 Å². The van der Waals surface area contributed by atoms with Crippen molar-refractivity contribution >= 4 is 11.6 Å². The number of halogens is 7. The Kier molecular flexibility index (Phi) is 5.58. The molecule has 0 aromatic heterocycles. The molecule has 1 amide bonds. The number of carbonyl (C=O) groups is 1. The summed E-state index contributed by atoms with van der Waals surface area (Å²) in [5.41, 5.74) is -3.58. The van der Waals surface area contributed by atoms with Crippen LogP contribution in [0.5, 0.6) is 0 Å². The van der Waals surface area contributed by atoms with E-state index in [0.717, 1.165) is 0 Å². The summed E-state index contributed by atoms with van der Waals surface area (Å²) in [5, 5.41) is 1.62. The van der Waals surface area contributed by atoms with E-state index in [1.54, 1.807) is 35.6 Å². The van der Waals surface area contributed by atoms with Gasteiger partial charge >= 0.3 is 6.18 Å². The minimum atomic E-state index is -5.64. The molecule has 0 bridgehead atoms. The lowest BCUT2D eigenvalue weighted by atomic mass is 10.00. The van der Waals surface area contributed by atoms with Gasteiger partial charge in [0.05, 0.1) is 0 Å². The minimum absolute atomic E-state index is 0.140. The molecule has 0 heterocycles. The lowest BCUT2D eigenvalue weighted by Gasteiger charge is -2.16. The molecule has 0 aliphatic rings. The maximum Gasteiger partial charge on any atom is 0.422 e. The molecule has 0 spiro atoms. The summed E-state index contributed by atoms with van der Waals surface area (Å²) in [6, 6.07) is 8.48. The Hall–Kier alpha value is -2.58. The first-order valence-corrected chi connectivity index (χ1v) is 7.32. The van der Waals surface area contributed by atoms with E-state index < -0.39 is 52.5 Å². The fourth-order valence-corrected chi connectivity index (χ4v) is 2.30. The first-order chi connectivity index (χ1) is 12.0. The van der Waals surface area contributed by atoms with Crippen LogP contribution in [-0.4, -0.2) is 5.91 Å². The predicted molar refractivity (Wildman–Crippen MR) is 79.2 cm³/mol. The van der Waals surface area contributed by atoms with Crippen molar-refractivity contribution in [2.45, 2.75) is 19.5 Å². The monoisotopic (exact) mass is 379 g/mol. The summed E-state index contributed by atoms with van der Waals surface area (Å²) in [4.78, 5) is 12.0.